The fraction of sp³-hybridized carbons (Fsp3) is 0.500. The molecular formula is C10H14N2O3S. The smallest absolute Gasteiger partial charge is 0.222 e. The summed E-state index contributed by atoms with van der Waals surface area (Å²) in [6.45, 7) is 3.91. The molecule has 16 heavy (non-hydrogen) atoms. The summed E-state index contributed by atoms with van der Waals surface area (Å²) >= 11 is 0. The molecule has 0 N–H and O–H groups in total. The zero-order valence-corrected chi connectivity index (χ0v) is 10.3. The third kappa shape index (κ3) is 1.58. The third-order valence-corrected chi connectivity index (χ3v) is 4.58. The first-order chi connectivity index (χ1) is 7.33. The van der Waals surface area contributed by atoms with Gasteiger partial charge in [-0.05, 0) is 25.5 Å². The highest BCUT2D eigenvalue weighted by Gasteiger charge is 2.31. The van der Waals surface area contributed by atoms with Gasteiger partial charge < -0.3 is 4.57 Å². The molecule has 0 aromatic carbocycles. The highest BCUT2D eigenvalue weighted by molar-refractivity contribution is 7.89. The van der Waals surface area contributed by atoms with Crippen molar-refractivity contribution in [3.8, 4) is 0 Å². The van der Waals surface area contributed by atoms with Crippen molar-refractivity contribution in [1.29, 1.82) is 0 Å². The maximum absolute atomic E-state index is 11.9. The van der Waals surface area contributed by atoms with Gasteiger partial charge in [-0.3, -0.25) is 4.79 Å². The van der Waals surface area contributed by atoms with Gasteiger partial charge in [0.25, 0.3) is 0 Å². The number of nitrogens with zero attached hydrogens (tertiary/aromatic N) is 2. The molecule has 0 spiro atoms. The van der Waals surface area contributed by atoms with Gasteiger partial charge >= 0.3 is 0 Å². The van der Waals surface area contributed by atoms with Crippen LogP contribution in [-0.4, -0.2) is 35.9 Å². The highest BCUT2D eigenvalue weighted by atomic mass is 32.2. The highest BCUT2D eigenvalue weighted by Crippen LogP contribution is 2.21. The Bertz CT molecular complexity index is 557. The Hall–Kier alpha value is -1.14. The van der Waals surface area contributed by atoms with Crippen molar-refractivity contribution < 1.29 is 13.2 Å². The van der Waals surface area contributed by atoms with Gasteiger partial charge in [0, 0.05) is 12.7 Å². The van der Waals surface area contributed by atoms with E-state index in [2.05, 4.69) is 0 Å². The molecule has 0 unspecified atom stereocenters. The van der Waals surface area contributed by atoms with Crippen LogP contribution in [0.5, 0.6) is 0 Å². The number of Topliss-reactive ketones (excluding diaryl/α,β-unsaturated/α-hetero) is 1. The van der Waals surface area contributed by atoms with Crippen LogP contribution >= 0.6 is 0 Å². The van der Waals surface area contributed by atoms with Crippen LogP contribution in [0.1, 0.15) is 21.7 Å². The number of sulfonamides is 1. The Labute approximate surface area is 94.7 Å². The summed E-state index contributed by atoms with van der Waals surface area (Å²) < 4.78 is 26.4. The van der Waals surface area contributed by atoms with E-state index in [0.717, 1.165) is 11.3 Å². The van der Waals surface area contributed by atoms with Crippen molar-refractivity contribution in [3.63, 3.8) is 0 Å². The predicted molar refractivity (Wildman–Crippen MR) is 59.8 cm³/mol. The Morgan fingerprint density at radius 2 is 1.94 bits per heavy atom. The molecule has 1 aromatic heterocycles. The fourth-order valence-corrected chi connectivity index (χ4v) is 3.01. The summed E-state index contributed by atoms with van der Waals surface area (Å²) in [5.41, 5.74) is 2.27. The van der Waals surface area contributed by atoms with Crippen LogP contribution in [0.2, 0.25) is 0 Å². The normalized spacial score (nSPS) is 20.6. The molecule has 0 bridgehead atoms. The summed E-state index contributed by atoms with van der Waals surface area (Å²) in [7, 11) is -1.96. The first kappa shape index (κ1) is 11.3. The molecule has 5 nitrogen and oxygen atoms in total. The number of rotatable bonds is 0. The van der Waals surface area contributed by atoms with Gasteiger partial charge in [0.1, 0.15) is 5.75 Å². The lowest BCUT2D eigenvalue weighted by Gasteiger charge is -2.15. The van der Waals surface area contributed by atoms with E-state index in [0.29, 0.717) is 5.69 Å². The molecule has 0 atom stereocenters. The van der Waals surface area contributed by atoms with Crippen LogP contribution in [-0.2, 0) is 16.7 Å². The zero-order chi connectivity index (χ0) is 12.1. The lowest BCUT2D eigenvalue weighted by atomic mass is 10.2. The minimum Gasteiger partial charge on any atom is -0.328 e. The Morgan fingerprint density at radius 3 is 2.56 bits per heavy atom. The Balaban J connectivity index is 2.64. The monoisotopic (exact) mass is 242 g/mol. The van der Waals surface area contributed by atoms with E-state index in [4.69, 9.17) is 0 Å². The second kappa shape index (κ2) is 3.43. The third-order valence-electron chi connectivity index (χ3n) is 2.89. The van der Waals surface area contributed by atoms with Crippen molar-refractivity contribution in [2.24, 2.45) is 0 Å². The molecule has 1 aromatic rings. The van der Waals surface area contributed by atoms with Gasteiger partial charge in [0.05, 0.1) is 12.4 Å². The first-order valence-corrected chi connectivity index (χ1v) is 6.58. The predicted octanol–water partition coefficient (Wildman–Crippen LogP) is 0.520. The van der Waals surface area contributed by atoms with Crippen LogP contribution in [0.3, 0.4) is 0 Å². The van der Waals surface area contributed by atoms with E-state index in [-0.39, 0.29) is 12.5 Å². The molecule has 2 heterocycles. The second-order valence-corrected chi connectivity index (χ2v) is 6.24. The van der Waals surface area contributed by atoms with E-state index < -0.39 is 15.8 Å². The van der Waals surface area contributed by atoms with Crippen molar-refractivity contribution in [2.75, 3.05) is 12.8 Å². The summed E-state index contributed by atoms with van der Waals surface area (Å²) in [6, 6.07) is 1.90. The molecule has 0 radical (unpaired) electrons. The standard InChI is InChI=1S/C10H14N2O3S/c1-7-4-8(2)12-6-11(3)16(14,15)5-9(13)10(7)12/h4H,5-6H2,1-3H3. The number of aromatic nitrogens is 1. The molecule has 88 valence electrons. The first-order valence-electron chi connectivity index (χ1n) is 4.97. The Morgan fingerprint density at radius 1 is 1.31 bits per heavy atom. The van der Waals surface area contributed by atoms with Crippen LogP contribution in [0.15, 0.2) is 6.07 Å². The second-order valence-electron chi connectivity index (χ2n) is 4.16. The molecular weight excluding hydrogens is 228 g/mol. The van der Waals surface area contributed by atoms with Crippen molar-refractivity contribution in [2.45, 2.75) is 20.5 Å². The number of ketones is 1. The number of carbonyl (C=O) groups is 1. The van der Waals surface area contributed by atoms with Crippen LogP contribution < -0.4 is 0 Å². The molecule has 0 fully saturated rings. The Kier molecular flexibility index (Phi) is 2.43. The molecule has 6 heteroatoms. The molecule has 0 amide bonds. The summed E-state index contributed by atoms with van der Waals surface area (Å²) in [5.74, 6) is -0.761. The van der Waals surface area contributed by atoms with E-state index in [1.807, 2.05) is 19.9 Å². The van der Waals surface area contributed by atoms with Gasteiger partial charge in [0.2, 0.25) is 10.0 Å². The van der Waals surface area contributed by atoms with E-state index in [1.165, 1.54) is 11.4 Å². The van der Waals surface area contributed by atoms with Gasteiger partial charge in [-0.15, -0.1) is 0 Å². The maximum atomic E-state index is 11.9. The lowest BCUT2D eigenvalue weighted by molar-refractivity contribution is 0.101. The van der Waals surface area contributed by atoms with Gasteiger partial charge in [-0.2, -0.15) is 4.31 Å². The SMILES string of the molecule is Cc1cc(C)n2c1C(=O)CS(=O)(=O)N(C)C2. The quantitative estimate of drug-likeness (QED) is 0.666. The van der Waals surface area contributed by atoms with E-state index in [9.17, 15) is 13.2 Å². The van der Waals surface area contributed by atoms with Crippen molar-refractivity contribution in [1.82, 2.24) is 8.87 Å². The number of fused-ring (bicyclic) bond motifs is 1. The molecule has 0 saturated carbocycles. The van der Waals surface area contributed by atoms with E-state index in [1.54, 1.807) is 4.57 Å². The number of aryl methyl sites for hydroxylation is 2. The van der Waals surface area contributed by atoms with E-state index >= 15 is 0 Å². The summed E-state index contributed by atoms with van der Waals surface area (Å²) in [6.07, 6.45) is 0. The number of carbonyl (C=O) groups excluding carboxylic acids is 1. The number of hydrogen-bond acceptors (Lipinski definition) is 3. The minimum absolute atomic E-state index is 0.211. The fourth-order valence-electron chi connectivity index (χ4n) is 2.03. The maximum Gasteiger partial charge on any atom is 0.222 e. The number of hydrogen-bond donors (Lipinski definition) is 0. The summed E-state index contributed by atoms with van der Waals surface area (Å²) in [4.78, 5) is 11.9. The van der Waals surface area contributed by atoms with Gasteiger partial charge in [-0.25, -0.2) is 8.42 Å². The molecule has 1 aliphatic rings. The van der Waals surface area contributed by atoms with Gasteiger partial charge in [-0.1, -0.05) is 0 Å². The molecule has 0 saturated heterocycles. The topological polar surface area (TPSA) is 59.4 Å². The molecule has 1 aliphatic heterocycles. The van der Waals surface area contributed by atoms with Crippen LogP contribution in [0.25, 0.3) is 0 Å². The van der Waals surface area contributed by atoms with Crippen molar-refractivity contribution >= 4 is 15.8 Å². The van der Waals surface area contributed by atoms with Crippen LogP contribution in [0.4, 0.5) is 0 Å². The minimum atomic E-state index is -3.46. The average molecular weight is 242 g/mol. The average Bonchev–Trinajstić information content (AvgIpc) is 2.35. The largest absolute Gasteiger partial charge is 0.328 e. The zero-order valence-electron chi connectivity index (χ0n) is 9.52. The lowest BCUT2D eigenvalue weighted by Crippen LogP contribution is -2.30. The molecule has 0 aliphatic carbocycles. The van der Waals surface area contributed by atoms with Crippen molar-refractivity contribution in [3.05, 3.63) is 23.0 Å². The summed E-state index contributed by atoms with van der Waals surface area (Å²) in [5, 5.41) is 0. The molecule has 2 rings (SSSR count). The van der Waals surface area contributed by atoms with Gasteiger partial charge in [0.15, 0.2) is 5.78 Å². The van der Waals surface area contributed by atoms with Crippen LogP contribution in [0, 0.1) is 13.8 Å².